The lowest BCUT2D eigenvalue weighted by Gasteiger charge is -2.26. The maximum atomic E-state index is 12.6. The van der Waals surface area contributed by atoms with Gasteiger partial charge in [-0.3, -0.25) is 10.1 Å². The molecule has 2 aliphatic rings. The molecule has 1 N–H and O–H groups in total. The second kappa shape index (κ2) is 7.04. The first kappa shape index (κ1) is 17.1. The van der Waals surface area contributed by atoms with Crippen molar-refractivity contribution in [3.8, 4) is 0 Å². The summed E-state index contributed by atoms with van der Waals surface area (Å²) in [6.45, 7) is 1.20. The van der Waals surface area contributed by atoms with Gasteiger partial charge in [0.1, 0.15) is 5.69 Å². The molecule has 0 radical (unpaired) electrons. The average Bonchev–Trinajstić information content (AvgIpc) is 3.08. The molecule has 1 aromatic rings. The van der Waals surface area contributed by atoms with Crippen molar-refractivity contribution in [2.24, 2.45) is 0 Å². The summed E-state index contributed by atoms with van der Waals surface area (Å²) in [6.07, 6.45) is 4.17. The fourth-order valence-corrected chi connectivity index (χ4v) is 4.60. The van der Waals surface area contributed by atoms with Crippen LogP contribution in [0.5, 0.6) is 0 Å². The van der Waals surface area contributed by atoms with Crippen LogP contribution in [0.15, 0.2) is 23.1 Å². The van der Waals surface area contributed by atoms with Crippen LogP contribution in [0.3, 0.4) is 0 Å². The van der Waals surface area contributed by atoms with Crippen molar-refractivity contribution in [2.45, 2.75) is 36.6 Å². The van der Waals surface area contributed by atoms with Crippen molar-refractivity contribution in [1.29, 1.82) is 0 Å². The average molecular weight is 355 g/mol. The van der Waals surface area contributed by atoms with Crippen molar-refractivity contribution in [2.75, 3.05) is 31.6 Å². The van der Waals surface area contributed by atoms with Crippen LogP contribution in [0, 0.1) is 10.1 Å². The number of morpholine rings is 1. The molecule has 0 unspecified atom stereocenters. The van der Waals surface area contributed by atoms with Gasteiger partial charge in [-0.15, -0.1) is 0 Å². The van der Waals surface area contributed by atoms with E-state index >= 15 is 0 Å². The molecule has 0 atom stereocenters. The third-order valence-corrected chi connectivity index (χ3v) is 6.38. The third-order valence-electron chi connectivity index (χ3n) is 4.49. The predicted octanol–water partition coefficient (Wildman–Crippen LogP) is 1.97. The van der Waals surface area contributed by atoms with Gasteiger partial charge in [-0.1, -0.05) is 12.8 Å². The summed E-state index contributed by atoms with van der Waals surface area (Å²) in [4.78, 5) is 10.8. The van der Waals surface area contributed by atoms with E-state index in [4.69, 9.17) is 4.74 Å². The number of rotatable bonds is 5. The zero-order chi connectivity index (χ0) is 17.2. The van der Waals surface area contributed by atoms with Crippen LogP contribution in [0.1, 0.15) is 25.7 Å². The van der Waals surface area contributed by atoms with Crippen LogP contribution < -0.4 is 5.32 Å². The molecule has 1 aliphatic carbocycles. The van der Waals surface area contributed by atoms with Gasteiger partial charge in [0, 0.05) is 25.2 Å². The lowest BCUT2D eigenvalue weighted by Crippen LogP contribution is -2.40. The number of sulfonamides is 1. The molecule has 0 bridgehead atoms. The summed E-state index contributed by atoms with van der Waals surface area (Å²) in [5.41, 5.74) is 0.184. The molecule has 0 aromatic heterocycles. The maximum Gasteiger partial charge on any atom is 0.293 e. The number of benzene rings is 1. The van der Waals surface area contributed by atoms with Gasteiger partial charge in [-0.05, 0) is 25.0 Å². The number of hydrogen-bond donors (Lipinski definition) is 1. The van der Waals surface area contributed by atoms with E-state index in [0.717, 1.165) is 31.7 Å². The number of nitro groups is 1. The Morgan fingerprint density at radius 3 is 2.50 bits per heavy atom. The van der Waals surface area contributed by atoms with Crippen molar-refractivity contribution in [3.63, 3.8) is 0 Å². The van der Waals surface area contributed by atoms with Crippen molar-refractivity contribution >= 4 is 21.4 Å². The molecule has 8 nitrogen and oxygen atoms in total. The molecule has 9 heteroatoms. The minimum atomic E-state index is -3.74. The van der Waals surface area contributed by atoms with Crippen LogP contribution in [0.25, 0.3) is 0 Å². The Labute approximate surface area is 141 Å². The molecule has 1 saturated carbocycles. The number of hydrogen-bond acceptors (Lipinski definition) is 6. The monoisotopic (exact) mass is 355 g/mol. The standard InChI is InChI=1S/C15H21N3O5S/c19-18(20)15-11-13(24(21,22)17-7-9-23-10-8-17)5-6-14(15)16-12-3-1-2-4-12/h5-6,11-12,16H,1-4,7-10H2. The molecular formula is C15H21N3O5S. The minimum absolute atomic E-state index is 0.0481. The highest BCUT2D eigenvalue weighted by Gasteiger charge is 2.29. The molecule has 1 aromatic carbocycles. The summed E-state index contributed by atoms with van der Waals surface area (Å²) in [5.74, 6) is 0. The Balaban J connectivity index is 1.89. The summed E-state index contributed by atoms with van der Waals surface area (Å²) in [6, 6.07) is 4.31. The Morgan fingerprint density at radius 1 is 1.21 bits per heavy atom. The molecule has 0 spiro atoms. The van der Waals surface area contributed by atoms with Crippen LogP contribution in [0.4, 0.5) is 11.4 Å². The molecule has 1 aliphatic heterocycles. The highest BCUT2D eigenvalue weighted by Crippen LogP contribution is 2.32. The van der Waals surface area contributed by atoms with Crippen LogP contribution >= 0.6 is 0 Å². The topological polar surface area (TPSA) is 102 Å². The molecule has 0 amide bonds. The second-order valence-corrected chi connectivity index (χ2v) is 8.02. The maximum absolute atomic E-state index is 12.6. The first-order chi connectivity index (χ1) is 11.5. The quantitative estimate of drug-likeness (QED) is 0.640. The summed E-state index contributed by atoms with van der Waals surface area (Å²) >= 11 is 0. The van der Waals surface area contributed by atoms with Gasteiger partial charge < -0.3 is 10.1 Å². The third kappa shape index (κ3) is 3.52. The van der Waals surface area contributed by atoms with Gasteiger partial charge in [0.2, 0.25) is 10.0 Å². The zero-order valence-electron chi connectivity index (χ0n) is 13.3. The number of nitrogens with zero attached hydrogens (tertiary/aromatic N) is 2. The molecule has 2 fully saturated rings. The number of anilines is 1. The molecule has 24 heavy (non-hydrogen) atoms. The van der Waals surface area contributed by atoms with E-state index in [1.807, 2.05) is 0 Å². The molecule has 1 saturated heterocycles. The molecule has 3 rings (SSSR count). The highest BCUT2D eigenvalue weighted by atomic mass is 32.2. The van der Waals surface area contributed by atoms with E-state index in [9.17, 15) is 18.5 Å². The van der Waals surface area contributed by atoms with Gasteiger partial charge in [-0.2, -0.15) is 4.31 Å². The summed E-state index contributed by atoms with van der Waals surface area (Å²) < 4.78 is 31.8. The van der Waals surface area contributed by atoms with Gasteiger partial charge in [0.25, 0.3) is 5.69 Å². The normalized spacial score (nSPS) is 20.2. The lowest BCUT2D eigenvalue weighted by molar-refractivity contribution is -0.384. The highest BCUT2D eigenvalue weighted by molar-refractivity contribution is 7.89. The van der Waals surface area contributed by atoms with E-state index in [1.165, 1.54) is 16.4 Å². The van der Waals surface area contributed by atoms with Crippen molar-refractivity contribution in [1.82, 2.24) is 4.31 Å². The van der Waals surface area contributed by atoms with Gasteiger partial charge in [0.05, 0.1) is 23.0 Å². The summed E-state index contributed by atoms with van der Waals surface area (Å²) in [5, 5.41) is 14.6. The Hall–Kier alpha value is -1.71. The molecule has 1 heterocycles. The fraction of sp³-hybridized carbons (Fsp3) is 0.600. The Kier molecular flexibility index (Phi) is 5.02. The Bertz CT molecular complexity index is 710. The first-order valence-electron chi connectivity index (χ1n) is 8.11. The van der Waals surface area contributed by atoms with Crippen molar-refractivity contribution in [3.05, 3.63) is 28.3 Å². The number of ether oxygens (including phenoxy) is 1. The Morgan fingerprint density at radius 2 is 1.88 bits per heavy atom. The smallest absolute Gasteiger partial charge is 0.293 e. The largest absolute Gasteiger partial charge is 0.379 e. The summed E-state index contributed by atoms with van der Waals surface area (Å²) in [7, 11) is -3.74. The van der Waals surface area contributed by atoms with Crippen LogP contribution in [-0.2, 0) is 14.8 Å². The van der Waals surface area contributed by atoms with E-state index in [-0.39, 0.29) is 29.7 Å². The van der Waals surface area contributed by atoms with Gasteiger partial charge in [0.15, 0.2) is 0 Å². The zero-order valence-corrected chi connectivity index (χ0v) is 14.1. The first-order valence-corrected chi connectivity index (χ1v) is 9.55. The van der Waals surface area contributed by atoms with E-state index < -0.39 is 14.9 Å². The van der Waals surface area contributed by atoms with Gasteiger partial charge in [-0.25, -0.2) is 8.42 Å². The van der Waals surface area contributed by atoms with Gasteiger partial charge >= 0.3 is 0 Å². The van der Waals surface area contributed by atoms with Crippen molar-refractivity contribution < 1.29 is 18.1 Å². The van der Waals surface area contributed by atoms with E-state index in [1.54, 1.807) is 0 Å². The SMILES string of the molecule is O=[N+]([O-])c1cc(S(=O)(=O)N2CCOCC2)ccc1NC1CCCC1. The minimum Gasteiger partial charge on any atom is -0.379 e. The second-order valence-electron chi connectivity index (χ2n) is 6.08. The van der Waals surface area contributed by atoms with Crippen LogP contribution in [0.2, 0.25) is 0 Å². The molecular weight excluding hydrogens is 334 g/mol. The molecule has 132 valence electrons. The lowest BCUT2D eigenvalue weighted by atomic mass is 10.2. The van der Waals surface area contributed by atoms with Crippen LogP contribution in [-0.4, -0.2) is 50.0 Å². The number of nitro benzene ring substituents is 1. The fourth-order valence-electron chi connectivity index (χ4n) is 3.17. The predicted molar refractivity (Wildman–Crippen MR) is 88.6 cm³/mol. The number of nitrogens with one attached hydrogen (secondary N) is 1. The van der Waals surface area contributed by atoms with E-state index in [0.29, 0.717) is 18.9 Å². The van der Waals surface area contributed by atoms with E-state index in [2.05, 4.69) is 5.32 Å².